The van der Waals surface area contributed by atoms with E-state index in [2.05, 4.69) is 16.5 Å². The van der Waals surface area contributed by atoms with Crippen molar-refractivity contribution in [2.45, 2.75) is 38.9 Å². The molecule has 1 aliphatic carbocycles. The Hall–Kier alpha value is -1.82. The number of anilines is 1. The van der Waals surface area contributed by atoms with Crippen molar-refractivity contribution in [1.82, 2.24) is 14.7 Å². The molecule has 0 atom stereocenters. The number of nitrogens with two attached hydrogens (primary N) is 1. The van der Waals surface area contributed by atoms with Crippen LogP contribution >= 0.6 is 11.3 Å². The number of nitrogen functional groups attached to an aromatic ring is 1. The van der Waals surface area contributed by atoms with E-state index in [0.29, 0.717) is 30.5 Å². The first-order valence-electron chi connectivity index (χ1n) is 6.84. The monoisotopic (exact) mass is 290 g/mol. The SMILES string of the molecule is CCn1cc(N)c(C(=O)N(Cc2ccsc2)C2CC2)n1. The molecular weight excluding hydrogens is 272 g/mol. The first kappa shape index (κ1) is 13.2. The van der Waals surface area contributed by atoms with Gasteiger partial charge in [-0.1, -0.05) is 0 Å². The topological polar surface area (TPSA) is 64.2 Å². The summed E-state index contributed by atoms with van der Waals surface area (Å²) in [7, 11) is 0. The summed E-state index contributed by atoms with van der Waals surface area (Å²) >= 11 is 1.65. The van der Waals surface area contributed by atoms with Crippen molar-refractivity contribution in [3.05, 3.63) is 34.3 Å². The lowest BCUT2D eigenvalue weighted by Crippen LogP contribution is -2.33. The number of carbonyl (C=O) groups excluding carboxylic acids is 1. The Morgan fingerprint density at radius 3 is 2.95 bits per heavy atom. The third-order valence-electron chi connectivity index (χ3n) is 3.50. The molecule has 0 unspecified atom stereocenters. The molecule has 1 amide bonds. The van der Waals surface area contributed by atoms with Gasteiger partial charge in [-0.2, -0.15) is 16.4 Å². The van der Waals surface area contributed by atoms with Crippen LogP contribution < -0.4 is 5.73 Å². The van der Waals surface area contributed by atoms with E-state index in [1.807, 2.05) is 17.2 Å². The van der Waals surface area contributed by atoms with Crippen LogP contribution in [0.3, 0.4) is 0 Å². The fourth-order valence-corrected chi connectivity index (χ4v) is 2.89. The zero-order valence-corrected chi connectivity index (χ0v) is 12.3. The minimum absolute atomic E-state index is 0.0524. The maximum absolute atomic E-state index is 12.7. The quantitative estimate of drug-likeness (QED) is 0.919. The van der Waals surface area contributed by atoms with Gasteiger partial charge in [0, 0.05) is 25.3 Å². The van der Waals surface area contributed by atoms with E-state index in [0.717, 1.165) is 12.8 Å². The zero-order chi connectivity index (χ0) is 14.1. The van der Waals surface area contributed by atoms with Crippen LogP contribution in [0.5, 0.6) is 0 Å². The molecule has 0 bridgehead atoms. The molecule has 3 rings (SSSR count). The summed E-state index contributed by atoms with van der Waals surface area (Å²) in [6.07, 6.45) is 3.87. The van der Waals surface area contributed by atoms with E-state index in [-0.39, 0.29) is 5.91 Å². The first-order chi connectivity index (χ1) is 9.69. The molecule has 1 fully saturated rings. The number of hydrogen-bond acceptors (Lipinski definition) is 4. The summed E-state index contributed by atoms with van der Waals surface area (Å²) in [6, 6.07) is 2.40. The summed E-state index contributed by atoms with van der Waals surface area (Å²) in [6.45, 7) is 3.33. The summed E-state index contributed by atoms with van der Waals surface area (Å²) in [5, 5.41) is 8.40. The second-order valence-corrected chi connectivity index (χ2v) is 5.86. The van der Waals surface area contributed by atoms with Crippen LogP contribution in [0.2, 0.25) is 0 Å². The fourth-order valence-electron chi connectivity index (χ4n) is 2.23. The van der Waals surface area contributed by atoms with Crippen molar-refractivity contribution in [3.63, 3.8) is 0 Å². The van der Waals surface area contributed by atoms with E-state index in [1.54, 1.807) is 22.2 Å². The molecule has 0 aliphatic heterocycles. The molecule has 0 spiro atoms. The second kappa shape index (κ2) is 5.28. The average molecular weight is 290 g/mol. The predicted octanol–water partition coefficient (Wildman–Crippen LogP) is 2.35. The highest BCUT2D eigenvalue weighted by Crippen LogP contribution is 2.30. The van der Waals surface area contributed by atoms with E-state index in [9.17, 15) is 4.79 Å². The number of thiophene rings is 1. The van der Waals surface area contributed by atoms with Crippen molar-refractivity contribution < 1.29 is 4.79 Å². The number of hydrogen-bond donors (Lipinski definition) is 1. The minimum atomic E-state index is -0.0524. The molecule has 2 N–H and O–H groups in total. The van der Waals surface area contributed by atoms with E-state index >= 15 is 0 Å². The Bertz CT molecular complexity index is 601. The molecule has 2 aromatic rings. The number of rotatable bonds is 5. The van der Waals surface area contributed by atoms with Crippen LogP contribution in [0.1, 0.15) is 35.8 Å². The summed E-state index contributed by atoms with van der Waals surface area (Å²) in [5.41, 5.74) is 7.94. The van der Waals surface area contributed by atoms with Crippen molar-refractivity contribution in [3.8, 4) is 0 Å². The lowest BCUT2D eigenvalue weighted by Gasteiger charge is -2.21. The fraction of sp³-hybridized carbons (Fsp3) is 0.429. The summed E-state index contributed by atoms with van der Waals surface area (Å²) in [5.74, 6) is -0.0524. The highest BCUT2D eigenvalue weighted by Gasteiger charge is 2.34. The maximum atomic E-state index is 12.7. The molecular formula is C14H18N4OS. The normalized spacial score (nSPS) is 14.4. The third-order valence-corrected chi connectivity index (χ3v) is 4.23. The second-order valence-electron chi connectivity index (χ2n) is 5.08. The van der Waals surface area contributed by atoms with Gasteiger partial charge in [-0.25, -0.2) is 0 Å². The number of nitrogens with zero attached hydrogens (tertiary/aromatic N) is 3. The van der Waals surface area contributed by atoms with Crippen LogP contribution in [0.25, 0.3) is 0 Å². The van der Waals surface area contributed by atoms with Crippen molar-refractivity contribution in [1.29, 1.82) is 0 Å². The largest absolute Gasteiger partial charge is 0.396 e. The molecule has 106 valence electrons. The van der Waals surface area contributed by atoms with Gasteiger partial charge in [0.15, 0.2) is 5.69 Å². The summed E-state index contributed by atoms with van der Waals surface area (Å²) in [4.78, 5) is 14.6. The van der Waals surface area contributed by atoms with E-state index < -0.39 is 0 Å². The minimum Gasteiger partial charge on any atom is -0.396 e. The van der Waals surface area contributed by atoms with Crippen LogP contribution in [-0.2, 0) is 13.1 Å². The van der Waals surface area contributed by atoms with Gasteiger partial charge in [0.2, 0.25) is 0 Å². The van der Waals surface area contributed by atoms with Gasteiger partial charge in [0.05, 0.1) is 5.69 Å². The number of aryl methyl sites for hydroxylation is 1. The van der Waals surface area contributed by atoms with Crippen molar-refractivity contribution >= 4 is 22.9 Å². The van der Waals surface area contributed by atoms with Crippen molar-refractivity contribution in [2.75, 3.05) is 5.73 Å². The van der Waals surface area contributed by atoms with Crippen molar-refractivity contribution in [2.24, 2.45) is 0 Å². The van der Waals surface area contributed by atoms with E-state index in [4.69, 9.17) is 5.73 Å². The standard InChI is InChI=1S/C14H18N4OS/c1-2-17-8-12(15)13(16-17)14(19)18(11-3-4-11)7-10-5-6-20-9-10/h5-6,8-9,11H,2-4,7,15H2,1H3. The average Bonchev–Trinajstić information content (AvgIpc) is 3.01. The Morgan fingerprint density at radius 1 is 1.60 bits per heavy atom. The lowest BCUT2D eigenvalue weighted by atomic mass is 10.2. The van der Waals surface area contributed by atoms with Gasteiger partial charge < -0.3 is 10.6 Å². The van der Waals surface area contributed by atoms with Crippen LogP contribution in [-0.4, -0.2) is 26.6 Å². The third kappa shape index (κ3) is 2.56. The number of amides is 1. The van der Waals surface area contributed by atoms with Gasteiger partial charge in [-0.15, -0.1) is 0 Å². The molecule has 2 aromatic heterocycles. The molecule has 0 saturated heterocycles. The number of carbonyl (C=O) groups is 1. The van der Waals surface area contributed by atoms with Crippen LogP contribution in [0.4, 0.5) is 5.69 Å². The van der Waals surface area contributed by atoms with Crippen LogP contribution in [0, 0.1) is 0 Å². The predicted molar refractivity (Wildman–Crippen MR) is 79.5 cm³/mol. The first-order valence-corrected chi connectivity index (χ1v) is 7.78. The van der Waals surface area contributed by atoms with Gasteiger partial charge in [0.1, 0.15) is 0 Å². The van der Waals surface area contributed by atoms with Crippen LogP contribution in [0.15, 0.2) is 23.0 Å². The van der Waals surface area contributed by atoms with Gasteiger partial charge in [0.25, 0.3) is 5.91 Å². The Morgan fingerprint density at radius 2 is 2.40 bits per heavy atom. The van der Waals surface area contributed by atoms with Gasteiger partial charge in [-0.3, -0.25) is 9.48 Å². The lowest BCUT2D eigenvalue weighted by molar-refractivity contribution is 0.0724. The molecule has 2 heterocycles. The van der Waals surface area contributed by atoms with E-state index in [1.165, 1.54) is 5.56 Å². The molecule has 0 aromatic carbocycles. The molecule has 1 saturated carbocycles. The molecule has 0 radical (unpaired) electrons. The molecule has 20 heavy (non-hydrogen) atoms. The zero-order valence-electron chi connectivity index (χ0n) is 11.5. The van der Waals surface area contributed by atoms with Gasteiger partial charge in [-0.05, 0) is 42.2 Å². The van der Waals surface area contributed by atoms with Gasteiger partial charge >= 0.3 is 0 Å². The Kier molecular flexibility index (Phi) is 3.48. The molecule has 6 heteroatoms. The maximum Gasteiger partial charge on any atom is 0.277 e. The number of aromatic nitrogens is 2. The smallest absolute Gasteiger partial charge is 0.277 e. The Labute approximate surface area is 122 Å². The molecule has 1 aliphatic rings. The highest BCUT2D eigenvalue weighted by molar-refractivity contribution is 7.07. The summed E-state index contributed by atoms with van der Waals surface area (Å²) < 4.78 is 1.71. The Balaban J connectivity index is 1.83. The molecule has 5 nitrogen and oxygen atoms in total. The highest BCUT2D eigenvalue weighted by atomic mass is 32.1.